The van der Waals surface area contributed by atoms with Crippen LogP contribution >= 0.6 is 11.8 Å². The summed E-state index contributed by atoms with van der Waals surface area (Å²) in [6, 6.07) is 17.1. The lowest BCUT2D eigenvalue weighted by Gasteiger charge is -2.25. The summed E-state index contributed by atoms with van der Waals surface area (Å²) in [6.45, 7) is 0.867. The Kier molecular flexibility index (Phi) is 3.56. The molecular formula is C16H14FNS. The lowest BCUT2D eigenvalue weighted by atomic mass is 10.1. The van der Waals surface area contributed by atoms with Crippen LogP contribution in [0.1, 0.15) is 16.5 Å². The first kappa shape index (κ1) is 12.3. The van der Waals surface area contributed by atoms with Gasteiger partial charge in [-0.1, -0.05) is 42.5 Å². The van der Waals surface area contributed by atoms with Gasteiger partial charge in [-0.3, -0.25) is 0 Å². The molecule has 3 rings (SSSR count). The van der Waals surface area contributed by atoms with Crippen LogP contribution in [0.3, 0.4) is 0 Å². The summed E-state index contributed by atoms with van der Waals surface area (Å²) < 4.78 is 13.0. The third kappa shape index (κ3) is 2.82. The molecule has 96 valence electrons. The van der Waals surface area contributed by atoms with Gasteiger partial charge in [-0.05, 0) is 28.7 Å². The molecule has 0 bridgehead atoms. The van der Waals surface area contributed by atoms with E-state index in [1.807, 2.05) is 18.2 Å². The van der Waals surface area contributed by atoms with Crippen molar-refractivity contribution in [3.63, 3.8) is 0 Å². The summed E-state index contributed by atoms with van der Waals surface area (Å²) in [6.07, 6.45) is 2.10. The molecule has 1 aliphatic rings. The van der Waals surface area contributed by atoms with Crippen molar-refractivity contribution in [2.75, 3.05) is 0 Å². The number of hydrogen-bond acceptors (Lipinski definition) is 2. The van der Waals surface area contributed by atoms with Gasteiger partial charge < -0.3 is 4.90 Å². The average molecular weight is 271 g/mol. The third-order valence-corrected chi connectivity index (χ3v) is 4.20. The van der Waals surface area contributed by atoms with Crippen LogP contribution in [-0.2, 0) is 6.54 Å². The van der Waals surface area contributed by atoms with Gasteiger partial charge in [0.15, 0.2) is 0 Å². The van der Waals surface area contributed by atoms with Crippen molar-refractivity contribution in [3.05, 3.63) is 83.1 Å². The summed E-state index contributed by atoms with van der Waals surface area (Å²) in [5.41, 5.74) is 2.41. The number of halogens is 1. The Hall–Kier alpha value is -1.74. The molecule has 0 radical (unpaired) electrons. The fourth-order valence-corrected chi connectivity index (χ4v) is 3.16. The molecular weight excluding hydrogens is 257 g/mol. The largest absolute Gasteiger partial charge is 0.356 e. The molecule has 2 aromatic carbocycles. The molecule has 0 saturated carbocycles. The number of nitrogens with zero attached hydrogens (tertiary/aromatic N) is 1. The third-order valence-electron chi connectivity index (χ3n) is 3.12. The van der Waals surface area contributed by atoms with E-state index >= 15 is 0 Å². The second-order valence-corrected chi connectivity index (χ2v) is 5.47. The van der Waals surface area contributed by atoms with Crippen LogP contribution in [0.4, 0.5) is 4.39 Å². The maximum absolute atomic E-state index is 13.0. The summed E-state index contributed by atoms with van der Waals surface area (Å²) in [7, 11) is 0. The SMILES string of the molecule is Fc1ccc(C2SC=CN2Cc2ccccc2)cc1. The Balaban J connectivity index is 1.77. The minimum atomic E-state index is -0.186. The summed E-state index contributed by atoms with van der Waals surface area (Å²) in [5, 5.41) is 2.33. The van der Waals surface area contributed by atoms with E-state index in [0.717, 1.165) is 12.1 Å². The van der Waals surface area contributed by atoms with E-state index in [-0.39, 0.29) is 11.2 Å². The Labute approximate surface area is 116 Å². The van der Waals surface area contributed by atoms with Crippen LogP contribution in [0.2, 0.25) is 0 Å². The van der Waals surface area contributed by atoms with Crippen LogP contribution in [0, 0.1) is 5.82 Å². The molecule has 1 nitrogen and oxygen atoms in total. The predicted molar refractivity (Wildman–Crippen MR) is 77.9 cm³/mol. The summed E-state index contributed by atoms with van der Waals surface area (Å²) in [4.78, 5) is 2.27. The number of rotatable bonds is 3. The van der Waals surface area contributed by atoms with Crippen molar-refractivity contribution >= 4 is 11.8 Å². The van der Waals surface area contributed by atoms with E-state index in [9.17, 15) is 4.39 Å². The van der Waals surface area contributed by atoms with Gasteiger partial charge in [0.2, 0.25) is 0 Å². The maximum atomic E-state index is 13.0. The van der Waals surface area contributed by atoms with E-state index < -0.39 is 0 Å². The fourth-order valence-electron chi connectivity index (χ4n) is 2.17. The van der Waals surface area contributed by atoms with E-state index in [2.05, 4.69) is 40.8 Å². The van der Waals surface area contributed by atoms with Crippen LogP contribution in [0.5, 0.6) is 0 Å². The Morgan fingerprint density at radius 1 is 1.00 bits per heavy atom. The number of hydrogen-bond donors (Lipinski definition) is 0. The smallest absolute Gasteiger partial charge is 0.123 e. The van der Waals surface area contributed by atoms with Crippen molar-refractivity contribution < 1.29 is 4.39 Å². The first-order chi connectivity index (χ1) is 9.33. The van der Waals surface area contributed by atoms with Gasteiger partial charge in [0.25, 0.3) is 0 Å². The van der Waals surface area contributed by atoms with Gasteiger partial charge in [-0.25, -0.2) is 4.39 Å². The first-order valence-electron chi connectivity index (χ1n) is 6.20. The molecule has 0 saturated heterocycles. The molecule has 0 spiro atoms. The minimum absolute atomic E-state index is 0.186. The summed E-state index contributed by atoms with van der Waals surface area (Å²) in [5.74, 6) is -0.186. The van der Waals surface area contributed by atoms with Gasteiger partial charge in [0.05, 0.1) is 0 Å². The van der Waals surface area contributed by atoms with Gasteiger partial charge in [0, 0.05) is 12.7 Å². The quantitative estimate of drug-likeness (QED) is 0.806. The Bertz CT molecular complexity index is 565. The Morgan fingerprint density at radius 3 is 2.47 bits per heavy atom. The van der Waals surface area contributed by atoms with Gasteiger partial charge >= 0.3 is 0 Å². The van der Waals surface area contributed by atoms with Crippen molar-refractivity contribution in [1.29, 1.82) is 0 Å². The predicted octanol–water partition coefficient (Wildman–Crippen LogP) is 4.54. The number of benzene rings is 2. The van der Waals surface area contributed by atoms with Crippen LogP contribution in [0.15, 0.2) is 66.2 Å². The van der Waals surface area contributed by atoms with E-state index in [1.54, 1.807) is 11.8 Å². The van der Waals surface area contributed by atoms with Crippen molar-refractivity contribution in [1.82, 2.24) is 4.90 Å². The zero-order chi connectivity index (χ0) is 13.1. The molecule has 3 heteroatoms. The molecule has 1 aliphatic heterocycles. The van der Waals surface area contributed by atoms with E-state index in [1.165, 1.54) is 17.7 Å². The highest BCUT2D eigenvalue weighted by molar-refractivity contribution is 8.02. The molecule has 1 unspecified atom stereocenters. The molecule has 19 heavy (non-hydrogen) atoms. The van der Waals surface area contributed by atoms with Crippen LogP contribution in [0.25, 0.3) is 0 Å². The topological polar surface area (TPSA) is 3.24 Å². The highest BCUT2D eigenvalue weighted by Gasteiger charge is 2.21. The van der Waals surface area contributed by atoms with Crippen LogP contribution < -0.4 is 0 Å². The lowest BCUT2D eigenvalue weighted by Crippen LogP contribution is -2.17. The normalized spacial score (nSPS) is 17.9. The van der Waals surface area contributed by atoms with Crippen LogP contribution in [-0.4, -0.2) is 4.90 Å². The van der Waals surface area contributed by atoms with Crippen molar-refractivity contribution in [2.24, 2.45) is 0 Å². The Morgan fingerprint density at radius 2 is 1.74 bits per heavy atom. The van der Waals surface area contributed by atoms with Gasteiger partial charge in [-0.2, -0.15) is 0 Å². The second-order valence-electron chi connectivity index (χ2n) is 4.48. The van der Waals surface area contributed by atoms with E-state index in [0.29, 0.717) is 0 Å². The first-order valence-corrected chi connectivity index (χ1v) is 7.14. The summed E-state index contributed by atoms with van der Waals surface area (Å²) >= 11 is 1.75. The molecule has 0 N–H and O–H groups in total. The highest BCUT2D eigenvalue weighted by atomic mass is 32.2. The van der Waals surface area contributed by atoms with Crippen molar-refractivity contribution in [3.8, 4) is 0 Å². The standard InChI is InChI=1S/C16H14FNS/c17-15-8-6-14(7-9-15)16-18(10-11-19-16)12-13-4-2-1-3-5-13/h1-11,16H,12H2. The lowest BCUT2D eigenvalue weighted by molar-refractivity contribution is 0.360. The fraction of sp³-hybridized carbons (Fsp3) is 0.125. The highest BCUT2D eigenvalue weighted by Crippen LogP contribution is 2.39. The molecule has 0 aliphatic carbocycles. The molecule has 0 fully saturated rings. The maximum Gasteiger partial charge on any atom is 0.123 e. The molecule has 0 aromatic heterocycles. The average Bonchev–Trinajstić information content (AvgIpc) is 2.89. The van der Waals surface area contributed by atoms with Gasteiger partial charge in [0.1, 0.15) is 11.2 Å². The van der Waals surface area contributed by atoms with E-state index in [4.69, 9.17) is 0 Å². The molecule has 2 aromatic rings. The molecule has 1 atom stereocenters. The molecule has 1 heterocycles. The monoisotopic (exact) mass is 271 g/mol. The zero-order valence-electron chi connectivity index (χ0n) is 10.4. The number of thioether (sulfide) groups is 1. The van der Waals surface area contributed by atoms with Gasteiger partial charge in [-0.15, -0.1) is 11.8 Å². The van der Waals surface area contributed by atoms with Crippen molar-refractivity contribution in [2.45, 2.75) is 11.9 Å². The molecule has 0 amide bonds. The zero-order valence-corrected chi connectivity index (χ0v) is 11.2. The minimum Gasteiger partial charge on any atom is -0.356 e. The second kappa shape index (κ2) is 5.49.